The van der Waals surface area contributed by atoms with Crippen LogP contribution in [-0.2, 0) is 10.0 Å². The minimum atomic E-state index is -3.04. The predicted molar refractivity (Wildman–Crippen MR) is 76.1 cm³/mol. The zero-order chi connectivity index (χ0) is 13.4. The minimum Gasteiger partial charge on any atom is -0.315 e. The largest absolute Gasteiger partial charge is 0.315 e. The molecule has 0 spiro atoms. The van der Waals surface area contributed by atoms with Crippen molar-refractivity contribution in [3.63, 3.8) is 0 Å². The van der Waals surface area contributed by atoms with Crippen molar-refractivity contribution in [1.82, 2.24) is 10.0 Å². The van der Waals surface area contributed by atoms with Crippen molar-refractivity contribution in [2.24, 2.45) is 5.92 Å². The summed E-state index contributed by atoms with van der Waals surface area (Å²) in [7, 11) is -3.04. The lowest BCUT2D eigenvalue weighted by molar-refractivity contribution is 0.297. The van der Waals surface area contributed by atoms with Gasteiger partial charge < -0.3 is 5.32 Å². The van der Waals surface area contributed by atoms with Gasteiger partial charge in [-0.2, -0.15) is 0 Å². The lowest BCUT2D eigenvalue weighted by atomic mass is 9.83. The second kappa shape index (κ2) is 8.12. The van der Waals surface area contributed by atoms with E-state index in [0.29, 0.717) is 12.6 Å². The van der Waals surface area contributed by atoms with Crippen LogP contribution in [0.25, 0.3) is 0 Å². The first-order valence-corrected chi connectivity index (χ1v) is 8.85. The lowest BCUT2D eigenvalue weighted by Crippen LogP contribution is -2.30. The quantitative estimate of drug-likeness (QED) is 0.599. The van der Waals surface area contributed by atoms with E-state index >= 15 is 0 Å². The monoisotopic (exact) mass is 276 g/mol. The summed E-state index contributed by atoms with van der Waals surface area (Å²) in [5.41, 5.74) is 0. The Bertz CT molecular complexity index is 311. The molecule has 0 heterocycles. The van der Waals surface area contributed by atoms with Gasteiger partial charge in [-0.05, 0) is 31.7 Å². The van der Waals surface area contributed by atoms with E-state index in [1.165, 1.54) is 19.3 Å². The highest BCUT2D eigenvalue weighted by Gasteiger charge is 2.17. The summed E-state index contributed by atoms with van der Waals surface area (Å²) in [5.74, 6) is 1.03. The van der Waals surface area contributed by atoms with E-state index < -0.39 is 10.0 Å². The van der Waals surface area contributed by atoms with Gasteiger partial charge in [-0.25, -0.2) is 13.1 Å². The van der Waals surface area contributed by atoms with E-state index in [0.717, 1.165) is 31.7 Å². The van der Waals surface area contributed by atoms with Crippen LogP contribution in [0.3, 0.4) is 0 Å². The van der Waals surface area contributed by atoms with E-state index in [-0.39, 0.29) is 5.75 Å². The second-order valence-electron chi connectivity index (χ2n) is 5.61. The molecule has 108 valence electrons. The van der Waals surface area contributed by atoms with E-state index in [1.807, 2.05) is 0 Å². The molecule has 0 aliphatic heterocycles. The summed E-state index contributed by atoms with van der Waals surface area (Å²) < 4.78 is 26.1. The number of sulfonamides is 1. The Morgan fingerprint density at radius 1 is 1.17 bits per heavy atom. The molecule has 0 bridgehead atoms. The van der Waals surface area contributed by atoms with Crippen LogP contribution in [0.15, 0.2) is 0 Å². The second-order valence-corrected chi connectivity index (χ2v) is 7.54. The van der Waals surface area contributed by atoms with Crippen molar-refractivity contribution in [3.05, 3.63) is 0 Å². The summed E-state index contributed by atoms with van der Waals surface area (Å²) in [6.45, 7) is 5.71. The molecule has 0 unspecified atom stereocenters. The van der Waals surface area contributed by atoms with Gasteiger partial charge in [0, 0.05) is 12.6 Å². The summed E-state index contributed by atoms with van der Waals surface area (Å²) in [5, 5.41) is 3.29. The molecule has 1 saturated carbocycles. The highest BCUT2D eigenvalue weighted by Crippen LogP contribution is 2.28. The van der Waals surface area contributed by atoms with Crippen LogP contribution in [0.4, 0.5) is 0 Å². The molecule has 1 fully saturated rings. The maximum atomic E-state index is 11.7. The zero-order valence-corrected chi connectivity index (χ0v) is 12.6. The average Bonchev–Trinajstić information content (AvgIpc) is 2.20. The molecular formula is C13H28N2O2S. The molecular weight excluding hydrogens is 248 g/mol. The van der Waals surface area contributed by atoms with Crippen molar-refractivity contribution in [1.29, 1.82) is 0 Å². The van der Waals surface area contributed by atoms with Gasteiger partial charge >= 0.3 is 0 Å². The maximum absolute atomic E-state index is 11.7. The Labute approximate surface area is 112 Å². The molecule has 0 saturated heterocycles. The molecule has 18 heavy (non-hydrogen) atoms. The molecule has 0 aromatic rings. The van der Waals surface area contributed by atoms with Gasteiger partial charge in [0.25, 0.3) is 0 Å². The average molecular weight is 276 g/mol. The molecule has 1 rings (SSSR count). The van der Waals surface area contributed by atoms with Crippen LogP contribution in [-0.4, -0.2) is 33.3 Å². The number of nitrogens with one attached hydrogen (secondary N) is 2. The molecule has 0 aromatic carbocycles. The van der Waals surface area contributed by atoms with E-state index in [4.69, 9.17) is 0 Å². The molecule has 0 atom stereocenters. The van der Waals surface area contributed by atoms with Gasteiger partial charge in [-0.15, -0.1) is 0 Å². The van der Waals surface area contributed by atoms with Crippen LogP contribution < -0.4 is 10.0 Å². The summed E-state index contributed by atoms with van der Waals surface area (Å²) in [6, 6.07) is 0.474. The van der Waals surface area contributed by atoms with Gasteiger partial charge in [-0.3, -0.25) is 0 Å². The Morgan fingerprint density at radius 3 is 2.44 bits per heavy atom. The van der Waals surface area contributed by atoms with Crippen LogP contribution in [0.1, 0.15) is 52.4 Å². The van der Waals surface area contributed by atoms with Crippen molar-refractivity contribution < 1.29 is 8.42 Å². The molecule has 2 N–H and O–H groups in total. The molecule has 1 aliphatic carbocycles. The predicted octanol–water partition coefficient (Wildman–Crippen LogP) is 1.87. The van der Waals surface area contributed by atoms with Gasteiger partial charge in [0.15, 0.2) is 0 Å². The first-order chi connectivity index (χ1) is 8.49. The fourth-order valence-corrected chi connectivity index (χ4v) is 3.24. The highest BCUT2D eigenvalue weighted by atomic mass is 32.2. The van der Waals surface area contributed by atoms with Crippen molar-refractivity contribution >= 4 is 10.0 Å². The first kappa shape index (κ1) is 15.9. The minimum absolute atomic E-state index is 0.261. The fraction of sp³-hybridized carbons (Fsp3) is 1.00. The fourth-order valence-electron chi connectivity index (χ4n) is 2.08. The molecule has 0 amide bonds. The Hall–Kier alpha value is -0.130. The number of hydrogen-bond acceptors (Lipinski definition) is 3. The van der Waals surface area contributed by atoms with E-state index in [1.54, 1.807) is 0 Å². The molecule has 5 heteroatoms. The lowest BCUT2D eigenvalue weighted by Gasteiger charge is -2.25. The normalized spacial score (nSPS) is 17.1. The third kappa shape index (κ3) is 7.34. The van der Waals surface area contributed by atoms with Gasteiger partial charge in [0.1, 0.15) is 0 Å². The van der Waals surface area contributed by atoms with E-state index in [9.17, 15) is 8.42 Å². The molecule has 0 aromatic heterocycles. The standard InChI is InChI=1S/C13H28N2O2S/c1-12(2)14-9-3-4-11-18(16,17)15-10-8-13-6-5-7-13/h12-15H,3-11H2,1-2H3. The van der Waals surface area contributed by atoms with Crippen LogP contribution >= 0.6 is 0 Å². The van der Waals surface area contributed by atoms with E-state index in [2.05, 4.69) is 23.9 Å². The summed E-state index contributed by atoms with van der Waals surface area (Å²) >= 11 is 0. The topological polar surface area (TPSA) is 58.2 Å². The smallest absolute Gasteiger partial charge is 0.211 e. The van der Waals surface area contributed by atoms with Gasteiger partial charge in [-0.1, -0.05) is 33.1 Å². The van der Waals surface area contributed by atoms with Crippen LogP contribution in [0.5, 0.6) is 0 Å². The third-order valence-electron chi connectivity index (χ3n) is 3.49. The summed E-state index contributed by atoms with van der Waals surface area (Å²) in [6.07, 6.45) is 6.54. The van der Waals surface area contributed by atoms with Gasteiger partial charge in [0.05, 0.1) is 5.75 Å². The van der Waals surface area contributed by atoms with Gasteiger partial charge in [0.2, 0.25) is 10.0 Å². The molecule has 1 aliphatic rings. The SMILES string of the molecule is CC(C)NCCCCS(=O)(=O)NCCC1CCC1. The maximum Gasteiger partial charge on any atom is 0.211 e. The Balaban J connectivity index is 2.00. The number of rotatable bonds is 10. The number of unbranched alkanes of at least 4 members (excludes halogenated alkanes) is 1. The zero-order valence-electron chi connectivity index (χ0n) is 11.7. The van der Waals surface area contributed by atoms with Crippen molar-refractivity contribution in [3.8, 4) is 0 Å². The third-order valence-corrected chi connectivity index (χ3v) is 4.96. The highest BCUT2D eigenvalue weighted by molar-refractivity contribution is 7.89. The first-order valence-electron chi connectivity index (χ1n) is 7.20. The van der Waals surface area contributed by atoms with Crippen LogP contribution in [0, 0.1) is 5.92 Å². The summed E-state index contributed by atoms with van der Waals surface area (Å²) in [4.78, 5) is 0. The molecule has 4 nitrogen and oxygen atoms in total. The Kier molecular flexibility index (Phi) is 7.19. The Morgan fingerprint density at radius 2 is 1.89 bits per heavy atom. The van der Waals surface area contributed by atoms with Crippen molar-refractivity contribution in [2.45, 2.75) is 58.4 Å². The van der Waals surface area contributed by atoms with Crippen molar-refractivity contribution in [2.75, 3.05) is 18.8 Å². The molecule has 0 radical (unpaired) electrons. The number of hydrogen-bond donors (Lipinski definition) is 2. The van der Waals surface area contributed by atoms with Crippen LogP contribution in [0.2, 0.25) is 0 Å².